The van der Waals surface area contributed by atoms with Gasteiger partial charge in [0.2, 0.25) is 0 Å². The van der Waals surface area contributed by atoms with Crippen molar-refractivity contribution in [2.75, 3.05) is 25.1 Å². The van der Waals surface area contributed by atoms with Crippen molar-refractivity contribution in [3.63, 3.8) is 0 Å². The van der Waals surface area contributed by atoms with Crippen LogP contribution in [0, 0.1) is 0 Å². The first kappa shape index (κ1) is 24.4. The molecule has 0 heterocycles. The molecular formula is C23H28N4O5. The number of nitrogens with one attached hydrogen (secondary N) is 3. The van der Waals surface area contributed by atoms with Gasteiger partial charge in [0.1, 0.15) is 11.5 Å². The Kier molecular flexibility index (Phi) is 10.2. The molecule has 0 bridgehead atoms. The Hall–Kier alpha value is -3.88. The van der Waals surface area contributed by atoms with Crippen molar-refractivity contribution in [2.24, 2.45) is 5.10 Å². The molecule has 9 heteroatoms. The van der Waals surface area contributed by atoms with Gasteiger partial charge in [0.05, 0.1) is 12.8 Å². The molecule has 0 aromatic heterocycles. The molecule has 0 saturated carbocycles. The van der Waals surface area contributed by atoms with Crippen molar-refractivity contribution < 1.29 is 23.9 Å². The summed E-state index contributed by atoms with van der Waals surface area (Å²) in [7, 11) is 0. The Morgan fingerprint density at radius 2 is 1.56 bits per heavy atom. The average molecular weight is 441 g/mol. The van der Waals surface area contributed by atoms with E-state index in [2.05, 4.69) is 21.2 Å². The molecule has 9 nitrogen and oxygen atoms in total. The summed E-state index contributed by atoms with van der Waals surface area (Å²) in [6.07, 6.45) is 3.13. The molecule has 3 N–H and O–H groups in total. The Labute approximate surface area is 187 Å². The van der Waals surface area contributed by atoms with Crippen molar-refractivity contribution in [3.8, 4) is 11.5 Å². The van der Waals surface area contributed by atoms with E-state index in [1.165, 1.54) is 6.21 Å². The van der Waals surface area contributed by atoms with Gasteiger partial charge < -0.3 is 20.1 Å². The number of amides is 3. The minimum Gasteiger partial charge on any atom is -0.494 e. The summed E-state index contributed by atoms with van der Waals surface area (Å²) in [6.45, 7) is 4.77. The third kappa shape index (κ3) is 8.86. The van der Waals surface area contributed by atoms with Crippen molar-refractivity contribution in [2.45, 2.75) is 26.7 Å². The standard InChI is InChI=1S/C23H28N4O5/c1-3-5-14-24-22(29)23(30)27-25-15-17-6-10-20(11-7-17)32-16-21(28)26-18-8-12-19(13-9-18)31-4-2/h6-13,15H,3-5,14,16H2,1-2H3,(H,24,29)(H,26,28)(H,27,30)/b25-15-. The second kappa shape index (κ2) is 13.4. The maximum absolute atomic E-state index is 12.0. The predicted molar refractivity (Wildman–Crippen MR) is 122 cm³/mol. The summed E-state index contributed by atoms with van der Waals surface area (Å²) >= 11 is 0. The van der Waals surface area contributed by atoms with E-state index in [9.17, 15) is 14.4 Å². The number of hydrogen-bond donors (Lipinski definition) is 3. The lowest BCUT2D eigenvalue weighted by atomic mass is 10.2. The number of anilines is 1. The molecule has 0 unspecified atom stereocenters. The third-order valence-electron chi connectivity index (χ3n) is 4.10. The fourth-order valence-electron chi connectivity index (χ4n) is 2.47. The van der Waals surface area contributed by atoms with Crippen LogP contribution in [0.4, 0.5) is 5.69 Å². The SMILES string of the molecule is CCCCNC(=O)C(=O)N/N=C\c1ccc(OCC(=O)Nc2ccc(OCC)cc2)cc1. The summed E-state index contributed by atoms with van der Waals surface area (Å²) in [5.41, 5.74) is 3.50. The largest absolute Gasteiger partial charge is 0.494 e. The summed E-state index contributed by atoms with van der Waals surface area (Å²) in [6, 6.07) is 13.8. The van der Waals surface area contributed by atoms with Gasteiger partial charge in [-0.05, 0) is 67.4 Å². The summed E-state index contributed by atoms with van der Waals surface area (Å²) in [4.78, 5) is 35.2. The van der Waals surface area contributed by atoms with Crippen molar-refractivity contribution in [3.05, 3.63) is 54.1 Å². The van der Waals surface area contributed by atoms with Gasteiger partial charge in [0.15, 0.2) is 6.61 Å². The monoisotopic (exact) mass is 440 g/mol. The minimum atomic E-state index is -0.823. The molecule has 3 amide bonds. The molecule has 0 saturated heterocycles. The van der Waals surface area contributed by atoms with Crippen LogP contribution in [0.1, 0.15) is 32.3 Å². The van der Waals surface area contributed by atoms with Crippen LogP contribution in [-0.2, 0) is 14.4 Å². The summed E-state index contributed by atoms with van der Waals surface area (Å²) in [5.74, 6) is -0.595. The van der Waals surface area contributed by atoms with E-state index in [1.807, 2.05) is 13.8 Å². The maximum atomic E-state index is 12.0. The van der Waals surface area contributed by atoms with E-state index in [4.69, 9.17) is 9.47 Å². The summed E-state index contributed by atoms with van der Waals surface area (Å²) < 4.78 is 10.8. The van der Waals surface area contributed by atoms with Gasteiger partial charge in [0, 0.05) is 12.2 Å². The van der Waals surface area contributed by atoms with E-state index in [1.54, 1.807) is 48.5 Å². The number of nitrogens with zero attached hydrogens (tertiary/aromatic N) is 1. The van der Waals surface area contributed by atoms with Crippen LogP contribution in [0.25, 0.3) is 0 Å². The molecular weight excluding hydrogens is 412 g/mol. The van der Waals surface area contributed by atoms with Crippen LogP contribution in [0.15, 0.2) is 53.6 Å². The first-order valence-corrected chi connectivity index (χ1v) is 10.4. The molecule has 0 aliphatic heterocycles. The number of unbranched alkanes of at least 4 members (excludes halogenated alkanes) is 1. The quantitative estimate of drug-likeness (QED) is 0.215. The van der Waals surface area contributed by atoms with Crippen LogP contribution < -0.4 is 25.5 Å². The van der Waals surface area contributed by atoms with E-state index < -0.39 is 11.8 Å². The van der Waals surface area contributed by atoms with Gasteiger partial charge in [0.25, 0.3) is 5.91 Å². The molecule has 0 radical (unpaired) electrons. The highest BCUT2D eigenvalue weighted by Gasteiger charge is 2.11. The second-order valence-corrected chi connectivity index (χ2v) is 6.67. The number of carbonyl (C=O) groups is 3. The van der Waals surface area contributed by atoms with Crippen LogP contribution >= 0.6 is 0 Å². The molecule has 0 spiro atoms. The topological polar surface area (TPSA) is 118 Å². The van der Waals surface area contributed by atoms with E-state index in [-0.39, 0.29) is 12.5 Å². The normalized spacial score (nSPS) is 10.4. The smallest absolute Gasteiger partial charge is 0.329 e. The molecule has 32 heavy (non-hydrogen) atoms. The lowest BCUT2D eigenvalue weighted by molar-refractivity contribution is -0.139. The Bertz CT molecular complexity index is 911. The Morgan fingerprint density at radius 3 is 2.22 bits per heavy atom. The van der Waals surface area contributed by atoms with Gasteiger partial charge in [-0.2, -0.15) is 5.10 Å². The van der Waals surface area contributed by atoms with Crippen LogP contribution in [-0.4, -0.2) is 43.7 Å². The predicted octanol–water partition coefficient (Wildman–Crippen LogP) is 2.47. The van der Waals surface area contributed by atoms with Crippen molar-refractivity contribution >= 4 is 29.6 Å². The Balaban J connectivity index is 1.73. The van der Waals surface area contributed by atoms with Gasteiger partial charge >= 0.3 is 11.8 Å². The van der Waals surface area contributed by atoms with Gasteiger partial charge in [-0.1, -0.05) is 13.3 Å². The molecule has 0 atom stereocenters. The van der Waals surface area contributed by atoms with Crippen molar-refractivity contribution in [1.29, 1.82) is 0 Å². The number of benzene rings is 2. The highest BCUT2D eigenvalue weighted by atomic mass is 16.5. The molecule has 170 valence electrons. The lowest BCUT2D eigenvalue weighted by Crippen LogP contribution is -2.38. The number of carbonyl (C=O) groups excluding carboxylic acids is 3. The molecule has 0 aliphatic rings. The van der Waals surface area contributed by atoms with E-state index >= 15 is 0 Å². The van der Waals surface area contributed by atoms with Crippen LogP contribution in [0.2, 0.25) is 0 Å². The third-order valence-corrected chi connectivity index (χ3v) is 4.10. The number of rotatable bonds is 11. The van der Waals surface area contributed by atoms with E-state index in [0.717, 1.165) is 18.6 Å². The zero-order valence-electron chi connectivity index (χ0n) is 18.2. The number of hydrogen-bond acceptors (Lipinski definition) is 6. The molecule has 0 fully saturated rings. The first-order valence-electron chi connectivity index (χ1n) is 10.4. The average Bonchev–Trinajstić information content (AvgIpc) is 2.80. The van der Waals surface area contributed by atoms with Crippen LogP contribution in [0.3, 0.4) is 0 Å². The van der Waals surface area contributed by atoms with Gasteiger partial charge in [-0.3, -0.25) is 14.4 Å². The minimum absolute atomic E-state index is 0.149. The maximum Gasteiger partial charge on any atom is 0.329 e. The fourth-order valence-corrected chi connectivity index (χ4v) is 2.47. The van der Waals surface area contributed by atoms with Crippen molar-refractivity contribution in [1.82, 2.24) is 10.7 Å². The van der Waals surface area contributed by atoms with E-state index in [0.29, 0.717) is 30.2 Å². The fraction of sp³-hybridized carbons (Fsp3) is 0.304. The zero-order valence-corrected chi connectivity index (χ0v) is 18.2. The molecule has 0 aliphatic carbocycles. The highest BCUT2D eigenvalue weighted by molar-refractivity contribution is 6.35. The molecule has 2 aromatic carbocycles. The number of ether oxygens (including phenoxy) is 2. The summed E-state index contributed by atoms with van der Waals surface area (Å²) in [5, 5.41) is 9.01. The lowest BCUT2D eigenvalue weighted by Gasteiger charge is -2.09. The zero-order chi connectivity index (χ0) is 23.2. The van der Waals surface area contributed by atoms with Crippen LogP contribution in [0.5, 0.6) is 11.5 Å². The van der Waals surface area contributed by atoms with Gasteiger partial charge in [-0.25, -0.2) is 5.43 Å². The van der Waals surface area contributed by atoms with Gasteiger partial charge in [-0.15, -0.1) is 0 Å². The number of hydrazone groups is 1. The highest BCUT2D eigenvalue weighted by Crippen LogP contribution is 2.16. The second-order valence-electron chi connectivity index (χ2n) is 6.67. The Morgan fingerprint density at radius 1 is 0.906 bits per heavy atom. The molecule has 2 rings (SSSR count). The first-order chi connectivity index (χ1) is 15.5. The molecule has 2 aromatic rings.